The summed E-state index contributed by atoms with van der Waals surface area (Å²) in [4.78, 5) is 11.8. The van der Waals surface area contributed by atoms with E-state index in [1.165, 1.54) is 0 Å². The number of carbonyl (C=O) groups is 1. The van der Waals surface area contributed by atoms with Crippen LogP contribution in [0.15, 0.2) is 18.2 Å². The van der Waals surface area contributed by atoms with Crippen LogP contribution < -0.4 is 15.8 Å². The fraction of sp³-hybridized carbons (Fsp3) is 0.500. The van der Waals surface area contributed by atoms with Gasteiger partial charge in [0, 0.05) is 11.4 Å². The van der Waals surface area contributed by atoms with Crippen LogP contribution in [0.1, 0.15) is 32.1 Å². The highest BCUT2D eigenvalue weighted by molar-refractivity contribution is 6.31. The molecule has 0 atom stereocenters. The van der Waals surface area contributed by atoms with E-state index in [1.54, 1.807) is 25.3 Å². The number of hydrogen-bond acceptors (Lipinski definition) is 3. The van der Waals surface area contributed by atoms with E-state index < -0.39 is 0 Å². The van der Waals surface area contributed by atoms with Crippen LogP contribution in [0.2, 0.25) is 5.02 Å². The zero-order chi connectivity index (χ0) is 14.1. The Labute approximate surface area is 131 Å². The van der Waals surface area contributed by atoms with Crippen LogP contribution in [0.4, 0.5) is 5.69 Å². The lowest BCUT2D eigenvalue weighted by atomic mass is 10.1. The standard InChI is InChI=1S/C14H21ClN2O2.ClH/c1-19-13-8-7-11(15)10-12(13)17-14(18)6-4-2-3-5-9-16;/h7-8,10H,2-6,9,16H2,1H3,(H,17,18);1H. The molecule has 0 spiro atoms. The third-order valence-corrected chi connectivity index (χ3v) is 3.03. The van der Waals surface area contributed by atoms with Crippen molar-refractivity contribution in [2.24, 2.45) is 5.73 Å². The fourth-order valence-corrected chi connectivity index (χ4v) is 1.95. The van der Waals surface area contributed by atoms with Crippen LogP contribution in [0.25, 0.3) is 0 Å². The molecule has 0 bridgehead atoms. The van der Waals surface area contributed by atoms with Gasteiger partial charge in [-0.25, -0.2) is 0 Å². The zero-order valence-electron chi connectivity index (χ0n) is 11.7. The van der Waals surface area contributed by atoms with E-state index in [1.807, 2.05) is 0 Å². The number of methoxy groups -OCH3 is 1. The number of anilines is 1. The number of benzene rings is 1. The Morgan fingerprint density at radius 1 is 1.30 bits per heavy atom. The number of ether oxygens (including phenoxy) is 1. The molecule has 1 amide bonds. The number of nitrogens with one attached hydrogen (secondary N) is 1. The van der Waals surface area contributed by atoms with Crippen LogP contribution in [0.3, 0.4) is 0 Å². The molecule has 4 nitrogen and oxygen atoms in total. The largest absolute Gasteiger partial charge is 0.495 e. The predicted molar refractivity (Wildman–Crippen MR) is 86.0 cm³/mol. The Hall–Kier alpha value is -0.970. The van der Waals surface area contributed by atoms with E-state index in [-0.39, 0.29) is 18.3 Å². The Balaban J connectivity index is 0.00000361. The van der Waals surface area contributed by atoms with Crippen molar-refractivity contribution in [3.05, 3.63) is 23.2 Å². The molecule has 6 heteroatoms. The van der Waals surface area contributed by atoms with Crippen LogP contribution >= 0.6 is 24.0 Å². The molecular formula is C14H22Cl2N2O2. The van der Waals surface area contributed by atoms with Gasteiger partial charge in [0.1, 0.15) is 5.75 Å². The van der Waals surface area contributed by atoms with Gasteiger partial charge >= 0.3 is 0 Å². The minimum Gasteiger partial charge on any atom is -0.495 e. The van der Waals surface area contributed by atoms with Gasteiger partial charge in [0.25, 0.3) is 0 Å². The number of nitrogens with two attached hydrogens (primary N) is 1. The van der Waals surface area contributed by atoms with Crippen molar-refractivity contribution < 1.29 is 9.53 Å². The molecule has 1 rings (SSSR count). The molecule has 0 saturated carbocycles. The minimum absolute atomic E-state index is 0. The first-order valence-electron chi connectivity index (χ1n) is 6.51. The minimum atomic E-state index is -0.0201. The molecular weight excluding hydrogens is 299 g/mol. The molecule has 0 saturated heterocycles. The number of rotatable bonds is 8. The maximum atomic E-state index is 11.8. The van der Waals surface area contributed by atoms with Gasteiger partial charge in [0.2, 0.25) is 5.91 Å². The van der Waals surface area contributed by atoms with Crippen LogP contribution in [0.5, 0.6) is 5.75 Å². The van der Waals surface area contributed by atoms with Crippen molar-refractivity contribution >= 4 is 35.6 Å². The summed E-state index contributed by atoms with van der Waals surface area (Å²) >= 11 is 5.90. The van der Waals surface area contributed by atoms with Crippen molar-refractivity contribution in [3.63, 3.8) is 0 Å². The monoisotopic (exact) mass is 320 g/mol. The summed E-state index contributed by atoms with van der Waals surface area (Å²) in [6.07, 6.45) is 4.49. The van der Waals surface area contributed by atoms with E-state index in [2.05, 4.69) is 5.32 Å². The lowest BCUT2D eigenvalue weighted by molar-refractivity contribution is -0.116. The Kier molecular flexibility index (Phi) is 10.3. The molecule has 20 heavy (non-hydrogen) atoms. The van der Waals surface area contributed by atoms with Gasteiger partial charge in [-0.15, -0.1) is 12.4 Å². The second-order valence-electron chi connectivity index (χ2n) is 4.35. The zero-order valence-corrected chi connectivity index (χ0v) is 13.2. The number of halogens is 2. The molecule has 0 radical (unpaired) electrons. The number of carbonyl (C=O) groups excluding carboxylic acids is 1. The Bertz CT molecular complexity index is 414. The van der Waals surface area contributed by atoms with Gasteiger partial charge in [-0.2, -0.15) is 0 Å². The second-order valence-corrected chi connectivity index (χ2v) is 4.78. The summed E-state index contributed by atoms with van der Waals surface area (Å²) in [5, 5.41) is 3.39. The highest BCUT2D eigenvalue weighted by Crippen LogP contribution is 2.27. The maximum absolute atomic E-state index is 11.8. The summed E-state index contributed by atoms with van der Waals surface area (Å²) in [5.41, 5.74) is 6.03. The predicted octanol–water partition coefficient (Wildman–Crippen LogP) is 3.62. The van der Waals surface area contributed by atoms with Gasteiger partial charge in [-0.1, -0.05) is 24.4 Å². The quantitative estimate of drug-likeness (QED) is 0.719. The average molecular weight is 321 g/mol. The van der Waals surface area contributed by atoms with Crippen LogP contribution in [0, 0.1) is 0 Å². The van der Waals surface area contributed by atoms with Crippen molar-refractivity contribution in [2.45, 2.75) is 32.1 Å². The first kappa shape index (κ1) is 19.0. The van der Waals surface area contributed by atoms with Gasteiger partial charge in [-0.3, -0.25) is 4.79 Å². The second kappa shape index (κ2) is 10.8. The fourth-order valence-electron chi connectivity index (χ4n) is 1.77. The van der Waals surface area contributed by atoms with Gasteiger partial charge in [0.05, 0.1) is 12.8 Å². The van der Waals surface area contributed by atoms with E-state index in [0.717, 1.165) is 25.7 Å². The third kappa shape index (κ3) is 6.98. The summed E-state index contributed by atoms with van der Waals surface area (Å²) in [7, 11) is 1.56. The summed E-state index contributed by atoms with van der Waals surface area (Å²) < 4.78 is 5.17. The topological polar surface area (TPSA) is 64.3 Å². The van der Waals surface area contributed by atoms with Crippen molar-refractivity contribution in [3.8, 4) is 5.75 Å². The smallest absolute Gasteiger partial charge is 0.224 e. The third-order valence-electron chi connectivity index (χ3n) is 2.79. The molecule has 0 unspecified atom stereocenters. The maximum Gasteiger partial charge on any atom is 0.224 e. The molecule has 114 valence electrons. The molecule has 0 heterocycles. The van der Waals surface area contributed by atoms with E-state index in [9.17, 15) is 4.79 Å². The molecule has 0 aliphatic heterocycles. The Morgan fingerprint density at radius 2 is 2.00 bits per heavy atom. The Morgan fingerprint density at radius 3 is 2.65 bits per heavy atom. The highest BCUT2D eigenvalue weighted by Gasteiger charge is 2.08. The van der Waals surface area contributed by atoms with Gasteiger partial charge in [-0.05, 0) is 37.6 Å². The lowest BCUT2D eigenvalue weighted by Crippen LogP contribution is -2.12. The first-order valence-corrected chi connectivity index (χ1v) is 6.88. The SMILES string of the molecule is COc1ccc(Cl)cc1NC(=O)CCCCCCN.Cl. The van der Waals surface area contributed by atoms with Crippen LogP contribution in [-0.2, 0) is 4.79 Å². The summed E-state index contributed by atoms with van der Waals surface area (Å²) in [5.74, 6) is 0.592. The highest BCUT2D eigenvalue weighted by atomic mass is 35.5. The van der Waals surface area contributed by atoms with Crippen molar-refractivity contribution in [1.82, 2.24) is 0 Å². The molecule has 0 fully saturated rings. The van der Waals surface area contributed by atoms with Crippen molar-refractivity contribution in [2.75, 3.05) is 19.0 Å². The molecule has 0 aromatic heterocycles. The van der Waals surface area contributed by atoms with Crippen LogP contribution in [-0.4, -0.2) is 19.6 Å². The molecule has 3 N–H and O–H groups in total. The van der Waals surface area contributed by atoms with Gasteiger partial charge in [0.15, 0.2) is 0 Å². The summed E-state index contributed by atoms with van der Waals surface area (Å²) in [6.45, 7) is 0.714. The molecule has 0 aliphatic rings. The van der Waals surface area contributed by atoms with E-state index in [4.69, 9.17) is 22.1 Å². The molecule has 0 aliphatic carbocycles. The first-order chi connectivity index (χ1) is 9.17. The van der Waals surface area contributed by atoms with Gasteiger partial charge < -0.3 is 15.8 Å². The molecule has 1 aromatic rings. The van der Waals surface area contributed by atoms with Crippen molar-refractivity contribution in [1.29, 1.82) is 0 Å². The summed E-state index contributed by atoms with van der Waals surface area (Å²) in [6, 6.07) is 5.15. The van der Waals surface area contributed by atoms with E-state index in [0.29, 0.717) is 29.4 Å². The normalized spacial score (nSPS) is 9.75. The average Bonchev–Trinajstić information content (AvgIpc) is 2.39. The lowest BCUT2D eigenvalue weighted by Gasteiger charge is -2.10. The number of amides is 1. The molecule has 1 aromatic carbocycles. The number of unbranched alkanes of at least 4 members (excludes halogenated alkanes) is 3. The number of hydrogen-bond donors (Lipinski definition) is 2. The van der Waals surface area contributed by atoms with E-state index >= 15 is 0 Å².